The molecule has 0 bridgehead atoms. The van der Waals surface area contributed by atoms with Gasteiger partial charge >= 0.3 is 0 Å². The van der Waals surface area contributed by atoms with E-state index in [2.05, 4.69) is 31.0 Å². The Balaban J connectivity index is 1.78. The number of aromatic hydroxyl groups is 1. The Bertz CT molecular complexity index is 1330. The van der Waals surface area contributed by atoms with Crippen molar-refractivity contribution in [2.24, 2.45) is 0 Å². The average Bonchev–Trinajstić information content (AvgIpc) is 3.24. The number of nitrogens with zero attached hydrogens (tertiary/aromatic N) is 5. The Morgan fingerprint density at radius 2 is 2.03 bits per heavy atom. The number of phenols is 1. The third-order valence-corrected chi connectivity index (χ3v) is 4.99. The minimum Gasteiger partial charge on any atom is -0.504 e. The minimum absolute atomic E-state index is 0.0144. The molecule has 3 N–H and O–H groups in total. The molecule has 0 aliphatic carbocycles. The van der Waals surface area contributed by atoms with Gasteiger partial charge in [0.05, 0.1) is 12.3 Å². The summed E-state index contributed by atoms with van der Waals surface area (Å²) in [6.45, 7) is 2.17. The highest BCUT2D eigenvalue weighted by molar-refractivity contribution is 5.75. The highest BCUT2D eigenvalue weighted by Crippen LogP contribution is 2.42. The topological polar surface area (TPSA) is 131 Å². The molecular weight excluding hydrogens is 405 g/mol. The second-order valence-corrected chi connectivity index (χ2v) is 6.83. The SMILES string of the molecule is CCOc1cc(C2c3c(-c4ccc(F)cc4)n[nH]c(=O)c3Nc3nnnn32)ccc1O. The second-order valence-electron chi connectivity index (χ2n) is 6.83. The molecule has 3 heterocycles. The van der Waals surface area contributed by atoms with Crippen LogP contribution in [-0.2, 0) is 0 Å². The summed E-state index contributed by atoms with van der Waals surface area (Å²) in [5, 5.41) is 31.5. The van der Waals surface area contributed by atoms with Crippen LogP contribution in [0.2, 0.25) is 0 Å². The van der Waals surface area contributed by atoms with Gasteiger partial charge in [0.1, 0.15) is 17.5 Å². The highest BCUT2D eigenvalue weighted by Gasteiger charge is 2.34. The van der Waals surface area contributed by atoms with Gasteiger partial charge < -0.3 is 15.2 Å². The van der Waals surface area contributed by atoms with Crippen molar-refractivity contribution in [3.63, 3.8) is 0 Å². The van der Waals surface area contributed by atoms with Gasteiger partial charge in [-0.1, -0.05) is 11.2 Å². The third kappa shape index (κ3) is 3.06. The first-order chi connectivity index (χ1) is 15.1. The van der Waals surface area contributed by atoms with E-state index in [4.69, 9.17) is 4.74 Å². The number of nitrogens with one attached hydrogen (secondary N) is 2. The van der Waals surface area contributed by atoms with E-state index in [1.807, 2.05) is 6.92 Å². The summed E-state index contributed by atoms with van der Waals surface area (Å²) in [7, 11) is 0. The van der Waals surface area contributed by atoms with Crippen LogP contribution in [0, 0.1) is 5.82 Å². The molecule has 1 atom stereocenters. The first kappa shape index (κ1) is 18.7. The summed E-state index contributed by atoms with van der Waals surface area (Å²) >= 11 is 0. The predicted octanol–water partition coefficient (Wildman–Crippen LogP) is 2.36. The van der Waals surface area contributed by atoms with E-state index in [1.165, 1.54) is 22.9 Å². The molecule has 0 fully saturated rings. The van der Waals surface area contributed by atoms with Crippen LogP contribution in [0.3, 0.4) is 0 Å². The summed E-state index contributed by atoms with van der Waals surface area (Å²) < 4.78 is 20.5. The van der Waals surface area contributed by atoms with Gasteiger partial charge in [0, 0.05) is 11.1 Å². The highest BCUT2D eigenvalue weighted by atomic mass is 19.1. The van der Waals surface area contributed by atoms with Crippen LogP contribution in [0.5, 0.6) is 11.5 Å². The van der Waals surface area contributed by atoms with Crippen LogP contribution in [0.15, 0.2) is 47.3 Å². The first-order valence-corrected chi connectivity index (χ1v) is 9.46. The molecule has 0 saturated heterocycles. The Kier molecular flexibility index (Phi) is 4.35. The van der Waals surface area contributed by atoms with E-state index in [0.29, 0.717) is 29.0 Å². The Hall–Kier alpha value is -4.28. The number of phenolic OH excluding ortho intramolecular Hbond substituents is 1. The molecule has 0 saturated carbocycles. The van der Waals surface area contributed by atoms with Crippen molar-refractivity contribution in [2.45, 2.75) is 13.0 Å². The zero-order chi connectivity index (χ0) is 21.5. The zero-order valence-electron chi connectivity index (χ0n) is 16.2. The number of halogens is 1. The molecule has 31 heavy (non-hydrogen) atoms. The van der Waals surface area contributed by atoms with Crippen LogP contribution in [0.25, 0.3) is 11.3 Å². The maximum absolute atomic E-state index is 13.5. The monoisotopic (exact) mass is 421 g/mol. The smallest absolute Gasteiger partial charge is 0.288 e. The number of H-pyrrole nitrogens is 1. The van der Waals surface area contributed by atoms with Crippen molar-refractivity contribution in [2.75, 3.05) is 11.9 Å². The minimum atomic E-state index is -0.657. The molecule has 0 amide bonds. The van der Waals surface area contributed by atoms with Gasteiger partial charge in [0.25, 0.3) is 5.56 Å². The fraction of sp³-hybridized carbons (Fsp3) is 0.150. The first-order valence-electron chi connectivity index (χ1n) is 9.46. The summed E-state index contributed by atoms with van der Waals surface area (Å²) in [6, 6.07) is 9.99. The number of benzene rings is 2. The fourth-order valence-corrected chi connectivity index (χ4v) is 3.65. The third-order valence-electron chi connectivity index (χ3n) is 4.99. The molecule has 10 nitrogen and oxygen atoms in total. The molecule has 4 aromatic rings. The number of fused-ring (bicyclic) bond motifs is 2. The van der Waals surface area contributed by atoms with Crippen LogP contribution in [0.1, 0.15) is 24.1 Å². The molecule has 0 radical (unpaired) electrons. The van der Waals surface area contributed by atoms with E-state index in [0.717, 1.165) is 0 Å². The second kappa shape index (κ2) is 7.20. The molecule has 2 aromatic heterocycles. The molecule has 11 heteroatoms. The number of tetrazole rings is 1. The standard InChI is InChI=1S/C20H16FN7O3/c1-2-31-14-9-11(5-8-13(14)29)18-15-16(10-3-6-12(21)7-4-10)23-24-19(30)17(15)22-20-25-26-27-28(18)20/h3-9,18,29H,2H2,1H3,(H,24,30)(H,22,25,27). The summed E-state index contributed by atoms with van der Waals surface area (Å²) in [5.74, 6) is 0.153. The number of hydrogen-bond acceptors (Lipinski definition) is 8. The number of aromatic amines is 1. The van der Waals surface area contributed by atoms with Crippen molar-refractivity contribution in [3.05, 3.63) is 69.8 Å². The Morgan fingerprint density at radius 1 is 1.23 bits per heavy atom. The molecule has 1 aliphatic heterocycles. The van der Waals surface area contributed by atoms with Crippen molar-refractivity contribution < 1.29 is 14.2 Å². The van der Waals surface area contributed by atoms with Crippen LogP contribution in [-0.4, -0.2) is 42.1 Å². The average molecular weight is 421 g/mol. The summed E-state index contributed by atoms with van der Waals surface area (Å²) in [4.78, 5) is 12.7. The normalized spacial score (nSPS) is 14.5. The predicted molar refractivity (Wildman–Crippen MR) is 108 cm³/mol. The molecular formula is C20H16FN7O3. The number of anilines is 2. The lowest BCUT2D eigenvalue weighted by atomic mass is 9.92. The van der Waals surface area contributed by atoms with Gasteiger partial charge in [-0.25, -0.2) is 9.49 Å². The van der Waals surface area contributed by atoms with Gasteiger partial charge in [-0.05, 0) is 59.3 Å². The lowest BCUT2D eigenvalue weighted by Crippen LogP contribution is -2.29. The van der Waals surface area contributed by atoms with Gasteiger partial charge in [-0.2, -0.15) is 9.78 Å². The van der Waals surface area contributed by atoms with E-state index < -0.39 is 11.6 Å². The largest absolute Gasteiger partial charge is 0.504 e. The van der Waals surface area contributed by atoms with Gasteiger partial charge in [0.2, 0.25) is 5.95 Å². The molecule has 5 rings (SSSR count). The van der Waals surface area contributed by atoms with Crippen molar-refractivity contribution >= 4 is 11.6 Å². The maximum Gasteiger partial charge on any atom is 0.288 e. The lowest BCUT2D eigenvalue weighted by molar-refractivity contribution is 0.317. The van der Waals surface area contributed by atoms with Gasteiger partial charge in [0.15, 0.2) is 11.5 Å². The van der Waals surface area contributed by atoms with Crippen molar-refractivity contribution in [1.29, 1.82) is 0 Å². The van der Waals surface area contributed by atoms with Gasteiger partial charge in [-0.3, -0.25) is 4.79 Å². The maximum atomic E-state index is 13.5. The lowest BCUT2D eigenvalue weighted by Gasteiger charge is -2.28. The summed E-state index contributed by atoms with van der Waals surface area (Å²) in [6.07, 6.45) is 0. The molecule has 156 valence electrons. The fourth-order valence-electron chi connectivity index (χ4n) is 3.65. The Morgan fingerprint density at radius 3 is 2.81 bits per heavy atom. The van der Waals surface area contributed by atoms with E-state index in [9.17, 15) is 14.3 Å². The van der Waals surface area contributed by atoms with Crippen molar-refractivity contribution in [3.8, 4) is 22.8 Å². The number of aromatic nitrogens is 6. The number of rotatable bonds is 4. The van der Waals surface area contributed by atoms with Crippen molar-refractivity contribution in [1.82, 2.24) is 30.4 Å². The van der Waals surface area contributed by atoms with E-state index in [1.54, 1.807) is 24.3 Å². The van der Waals surface area contributed by atoms with Gasteiger partial charge in [-0.15, -0.1) is 0 Å². The van der Waals surface area contributed by atoms with Crippen LogP contribution in [0.4, 0.5) is 16.0 Å². The van der Waals surface area contributed by atoms with E-state index >= 15 is 0 Å². The van der Waals surface area contributed by atoms with E-state index in [-0.39, 0.29) is 29.0 Å². The molecule has 1 aliphatic rings. The molecule has 1 unspecified atom stereocenters. The summed E-state index contributed by atoms with van der Waals surface area (Å²) in [5.41, 5.74) is 1.97. The molecule has 2 aromatic carbocycles. The number of ether oxygens (including phenoxy) is 1. The molecule has 0 spiro atoms. The quantitative estimate of drug-likeness (QED) is 0.403. The zero-order valence-corrected chi connectivity index (χ0v) is 16.2. The Labute approximate surface area is 174 Å². The van der Waals surface area contributed by atoms with Crippen LogP contribution >= 0.6 is 0 Å². The number of hydrogen-bond donors (Lipinski definition) is 3. The van der Waals surface area contributed by atoms with Crippen LogP contribution < -0.4 is 15.6 Å².